The number of hydrogen-bond donors (Lipinski definition) is 0. The van der Waals surface area contributed by atoms with Gasteiger partial charge in [0.1, 0.15) is 23.5 Å². The first kappa shape index (κ1) is 15.8. The second kappa shape index (κ2) is 5.69. The van der Waals surface area contributed by atoms with Gasteiger partial charge in [0.15, 0.2) is 0 Å². The van der Waals surface area contributed by atoms with E-state index in [0.29, 0.717) is 17.1 Å². The summed E-state index contributed by atoms with van der Waals surface area (Å²) in [4.78, 5) is 6.02. The topological polar surface area (TPSA) is 97.9 Å². The van der Waals surface area contributed by atoms with E-state index in [-0.39, 0.29) is 21.2 Å². The molecule has 1 aliphatic rings. The Morgan fingerprint density at radius 2 is 1.27 bits per heavy atom. The van der Waals surface area contributed by atoms with Crippen molar-refractivity contribution in [2.45, 2.75) is 9.79 Å². The first-order valence-corrected chi connectivity index (χ1v) is 9.10. The molecular formula is C19H10N4O2S. The van der Waals surface area contributed by atoms with Crippen LogP contribution in [0.3, 0.4) is 0 Å². The molecule has 0 aliphatic carbocycles. The van der Waals surface area contributed by atoms with Gasteiger partial charge >= 0.3 is 0 Å². The van der Waals surface area contributed by atoms with Crippen molar-refractivity contribution in [3.05, 3.63) is 72.1 Å². The summed E-state index contributed by atoms with van der Waals surface area (Å²) >= 11 is 0. The highest BCUT2D eigenvalue weighted by Gasteiger charge is 2.34. The Bertz CT molecular complexity index is 1150. The van der Waals surface area contributed by atoms with Crippen molar-refractivity contribution < 1.29 is 8.42 Å². The minimum atomic E-state index is -3.66. The van der Waals surface area contributed by atoms with Crippen molar-refractivity contribution in [1.82, 2.24) is 4.98 Å². The summed E-state index contributed by atoms with van der Waals surface area (Å²) in [5.74, 6) is 0. The lowest BCUT2D eigenvalue weighted by Gasteiger charge is -2.32. The summed E-state index contributed by atoms with van der Waals surface area (Å²) in [6, 6.07) is 20.2. The van der Waals surface area contributed by atoms with Crippen LogP contribution in [0.4, 0.5) is 17.1 Å². The van der Waals surface area contributed by atoms with Crippen LogP contribution >= 0.6 is 0 Å². The number of fused-ring (bicyclic) bond motifs is 2. The lowest BCUT2D eigenvalue weighted by Crippen LogP contribution is -2.22. The van der Waals surface area contributed by atoms with Crippen LogP contribution in [0.5, 0.6) is 0 Å². The lowest BCUT2D eigenvalue weighted by atomic mass is 10.1. The van der Waals surface area contributed by atoms with Crippen LogP contribution in [0.1, 0.15) is 11.4 Å². The van der Waals surface area contributed by atoms with Gasteiger partial charge in [0.2, 0.25) is 9.84 Å². The molecule has 0 amide bonds. The van der Waals surface area contributed by atoms with E-state index in [1.54, 1.807) is 53.4 Å². The van der Waals surface area contributed by atoms with Crippen molar-refractivity contribution in [2.75, 3.05) is 4.90 Å². The standard InChI is InChI=1S/C19H10N4O2S/c20-11-13-9-15(10-14(12-21)22-13)23-16-5-1-3-7-18(16)26(24,25)19-8-4-2-6-17(19)23/h1-10H. The van der Waals surface area contributed by atoms with Crippen LogP contribution in [0.2, 0.25) is 0 Å². The predicted octanol–water partition coefficient (Wildman–Crippen LogP) is 3.44. The summed E-state index contributed by atoms with van der Waals surface area (Å²) in [6.07, 6.45) is 0. The average Bonchev–Trinajstić information content (AvgIpc) is 2.68. The number of nitrogens with zero attached hydrogens (tertiary/aromatic N) is 4. The average molecular weight is 358 g/mol. The molecular weight excluding hydrogens is 348 g/mol. The van der Waals surface area contributed by atoms with Crippen LogP contribution in [0, 0.1) is 22.7 Å². The van der Waals surface area contributed by atoms with E-state index in [1.165, 1.54) is 12.1 Å². The maximum absolute atomic E-state index is 13.0. The number of aromatic nitrogens is 1. The summed E-state index contributed by atoms with van der Waals surface area (Å²) in [5.41, 5.74) is 1.60. The van der Waals surface area contributed by atoms with Crippen molar-refractivity contribution in [3.63, 3.8) is 0 Å². The third-order valence-corrected chi connectivity index (χ3v) is 5.94. The molecule has 6 nitrogen and oxygen atoms in total. The molecule has 3 aromatic rings. The Labute approximate surface area is 150 Å². The highest BCUT2D eigenvalue weighted by Crippen LogP contribution is 2.47. The van der Waals surface area contributed by atoms with Gasteiger partial charge in [-0.15, -0.1) is 0 Å². The number of pyridine rings is 1. The number of benzene rings is 2. The Hall–Kier alpha value is -3.68. The molecule has 0 unspecified atom stereocenters. The number of sulfone groups is 1. The fourth-order valence-electron chi connectivity index (χ4n) is 3.02. The van der Waals surface area contributed by atoms with E-state index < -0.39 is 9.84 Å². The predicted molar refractivity (Wildman–Crippen MR) is 93.8 cm³/mol. The van der Waals surface area contributed by atoms with Crippen molar-refractivity contribution in [2.24, 2.45) is 0 Å². The minimum absolute atomic E-state index is 0.0856. The third-order valence-electron chi connectivity index (χ3n) is 4.09. The van der Waals surface area contributed by atoms with Gasteiger partial charge in [-0.3, -0.25) is 0 Å². The van der Waals surface area contributed by atoms with Gasteiger partial charge in [-0.05, 0) is 36.4 Å². The molecule has 1 aliphatic heterocycles. The fraction of sp³-hybridized carbons (Fsp3) is 0. The van der Waals surface area contributed by atoms with E-state index in [0.717, 1.165) is 0 Å². The van der Waals surface area contributed by atoms with E-state index in [1.807, 2.05) is 12.1 Å². The summed E-state index contributed by atoms with van der Waals surface area (Å²) < 4.78 is 25.9. The van der Waals surface area contributed by atoms with Gasteiger partial charge in [0.25, 0.3) is 0 Å². The second-order valence-corrected chi connectivity index (χ2v) is 7.48. The van der Waals surface area contributed by atoms with Crippen molar-refractivity contribution in [3.8, 4) is 12.1 Å². The monoisotopic (exact) mass is 358 g/mol. The Balaban J connectivity index is 2.09. The molecule has 0 saturated carbocycles. The van der Waals surface area contributed by atoms with Crippen molar-refractivity contribution >= 4 is 26.9 Å². The Morgan fingerprint density at radius 1 is 0.808 bits per heavy atom. The molecule has 1 aromatic heterocycles. The van der Waals surface area contributed by atoms with E-state index in [9.17, 15) is 18.9 Å². The molecule has 0 atom stereocenters. The molecule has 4 rings (SSSR count). The largest absolute Gasteiger partial charge is 0.308 e. The van der Waals surface area contributed by atoms with Crippen LogP contribution in [-0.2, 0) is 9.84 Å². The van der Waals surface area contributed by atoms with Crippen LogP contribution < -0.4 is 4.90 Å². The molecule has 26 heavy (non-hydrogen) atoms. The summed E-state index contributed by atoms with van der Waals surface area (Å²) in [6.45, 7) is 0. The van der Waals surface area contributed by atoms with Crippen LogP contribution in [0.25, 0.3) is 0 Å². The van der Waals surface area contributed by atoms with Gasteiger partial charge in [0, 0.05) is 0 Å². The fourth-order valence-corrected chi connectivity index (χ4v) is 4.65. The SMILES string of the molecule is N#Cc1cc(N2c3ccccc3S(=O)(=O)c3ccccc32)cc(C#N)n1. The molecule has 7 heteroatoms. The molecule has 0 spiro atoms. The summed E-state index contributed by atoms with van der Waals surface area (Å²) in [7, 11) is -3.66. The third kappa shape index (κ3) is 2.23. The molecule has 0 radical (unpaired) electrons. The van der Waals surface area contributed by atoms with Crippen LogP contribution in [-0.4, -0.2) is 13.4 Å². The van der Waals surface area contributed by atoms with Gasteiger partial charge < -0.3 is 4.90 Å². The number of rotatable bonds is 1. The molecule has 0 fully saturated rings. The lowest BCUT2D eigenvalue weighted by molar-refractivity contribution is 0.595. The Kier molecular flexibility index (Phi) is 3.47. The van der Waals surface area contributed by atoms with Gasteiger partial charge in [0.05, 0.1) is 26.9 Å². The highest BCUT2D eigenvalue weighted by atomic mass is 32.2. The van der Waals surface area contributed by atoms with Gasteiger partial charge in [-0.25, -0.2) is 13.4 Å². The molecule has 124 valence electrons. The highest BCUT2D eigenvalue weighted by molar-refractivity contribution is 7.92. The van der Waals surface area contributed by atoms with Crippen molar-refractivity contribution in [1.29, 1.82) is 10.5 Å². The maximum Gasteiger partial charge on any atom is 0.210 e. The minimum Gasteiger partial charge on any atom is -0.308 e. The maximum atomic E-state index is 13.0. The molecule has 2 aromatic carbocycles. The number of hydrogen-bond acceptors (Lipinski definition) is 6. The zero-order valence-electron chi connectivity index (χ0n) is 13.3. The number of anilines is 3. The second-order valence-electron chi connectivity index (χ2n) is 5.59. The zero-order chi connectivity index (χ0) is 18.3. The van der Waals surface area contributed by atoms with Gasteiger partial charge in [-0.2, -0.15) is 10.5 Å². The molecule has 0 N–H and O–H groups in total. The van der Waals surface area contributed by atoms with E-state index in [4.69, 9.17) is 0 Å². The molecule has 2 heterocycles. The Morgan fingerprint density at radius 3 is 1.73 bits per heavy atom. The smallest absolute Gasteiger partial charge is 0.210 e. The zero-order valence-corrected chi connectivity index (χ0v) is 14.1. The summed E-state index contributed by atoms with van der Waals surface area (Å²) in [5, 5.41) is 18.4. The number of para-hydroxylation sites is 2. The first-order chi connectivity index (χ1) is 12.6. The molecule has 0 saturated heterocycles. The molecule has 0 bridgehead atoms. The quantitative estimate of drug-likeness (QED) is 0.517. The first-order valence-electron chi connectivity index (χ1n) is 7.62. The van der Waals surface area contributed by atoms with E-state index >= 15 is 0 Å². The van der Waals surface area contributed by atoms with Crippen LogP contribution in [0.15, 0.2) is 70.5 Å². The number of nitriles is 2. The van der Waals surface area contributed by atoms with Gasteiger partial charge in [-0.1, -0.05) is 24.3 Å². The normalized spacial score (nSPS) is 13.8. The van der Waals surface area contributed by atoms with E-state index in [2.05, 4.69) is 4.98 Å².